The number of halogens is 1. The van der Waals surface area contributed by atoms with Gasteiger partial charge in [0.15, 0.2) is 9.84 Å². The summed E-state index contributed by atoms with van der Waals surface area (Å²) >= 11 is 5.75. The lowest BCUT2D eigenvalue weighted by Gasteiger charge is -2.10. The van der Waals surface area contributed by atoms with Crippen molar-refractivity contribution in [3.63, 3.8) is 0 Å². The minimum Gasteiger partial charge on any atom is -0.314 e. The fourth-order valence-corrected chi connectivity index (χ4v) is 3.74. The predicted octanol–water partition coefficient (Wildman–Crippen LogP) is 2.65. The van der Waals surface area contributed by atoms with E-state index in [-0.39, 0.29) is 5.75 Å². The number of hydrogen-bond donors (Lipinski definition) is 1. The molecule has 1 aromatic carbocycles. The van der Waals surface area contributed by atoms with Crippen molar-refractivity contribution >= 4 is 21.4 Å². The van der Waals surface area contributed by atoms with Crippen LogP contribution in [0.4, 0.5) is 0 Å². The molecule has 5 heteroatoms. The molecule has 2 rings (SSSR count). The van der Waals surface area contributed by atoms with E-state index in [1.807, 2.05) is 0 Å². The second-order valence-electron chi connectivity index (χ2n) is 4.71. The molecular weight excluding hydrogens is 270 g/mol. The van der Waals surface area contributed by atoms with Crippen molar-refractivity contribution in [2.45, 2.75) is 36.6 Å². The van der Waals surface area contributed by atoms with E-state index in [0.29, 0.717) is 22.4 Å². The molecule has 1 unspecified atom stereocenters. The normalized spacial score (nSPS) is 20.2. The molecule has 0 aromatic heterocycles. The van der Waals surface area contributed by atoms with Crippen LogP contribution < -0.4 is 5.32 Å². The van der Waals surface area contributed by atoms with Gasteiger partial charge in [-0.2, -0.15) is 0 Å². The van der Waals surface area contributed by atoms with Gasteiger partial charge in [-0.1, -0.05) is 11.6 Å². The first-order valence-electron chi connectivity index (χ1n) is 6.30. The molecule has 0 aliphatic carbocycles. The van der Waals surface area contributed by atoms with Gasteiger partial charge in [-0.05, 0) is 56.5 Å². The van der Waals surface area contributed by atoms with Crippen molar-refractivity contribution < 1.29 is 8.42 Å². The van der Waals surface area contributed by atoms with E-state index in [1.54, 1.807) is 24.3 Å². The molecule has 0 radical (unpaired) electrons. The fraction of sp³-hybridized carbons (Fsp3) is 0.538. The third-order valence-electron chi connectivity index (χ3n) is 3.30. The van der Waals surface area contributed by atoms with Crippen LogP contribution >= 0.6 is 11.6 Å². The largest absolute Gasteiger partial charge is 0.314 e. The maximum atomic E-state index is 12.1. The summed E-state index contributed by atoms with van der Waals surface area (Å²) in [5.74, 6) is 0.215. The summed E-state index contributed by atoms with van der Waals surface area (Å²) in [6.07, 6.45) is 4.02. The lowest BCUT2D eigenvalue weighted by molar-refractivity contribution is 0.543. The number of benzene rings is 1. The van der Waals surface area contributed by atoms with Crippen LogP contribution in [0.1, 0.15) is 25.7 Å². The summed E-state index contributed by atoms with van der Waals surface area (Å²) in [5.41, 5.74) is 0. The highest BCUT2D eigenvalue weighted by atomic mass is 35.5. The van der Waals surface area contributed by atoms with Crippen LogP contribution in [0.2, 0.25) is 5.02 Å². The molecule has 1 saturated heterocycles. The molecular formula is C13H18ClNO2S. The van der Waals surface area contributed by atoms with Crippen LogP contribution in [0.5, 0.6) is 0 Å². The first-order chi connectivity index (χ1) is 8.58. The second-order valence-corrected chi connectivity index (χ2v) is 7.25. The van der Waals surface area contributed by atoms with E-state index in [9.17, 15) is 8.42 Å². The summed E-state index contributed by atoms with van der Waals surface area (Å²) < 4.78 is 24.1. The Labute approximate surface area is 113 Å². The van der Waals surface area contributed by atoms with E-state index in [2.05, 4.69) is 5.32 Å². The molecule has 0 spiro atoms. The maximum absolute atomic E-state index is 12.1. The molecule has 0 amide bonds. The number of hydrogen-bond acceptors (Lipinski definition) is 3. The number of sulfone groups is 1. The lowest BCUT2D eigenvalue weighted by atomic mass is 10.1. The highest BCUT2D eigenvalue weighted by Gasteiger charge is 2.17. The van der Waals surface area contributed by atoms with Crippen molar-refractivity contribution in [3.05, 3.63) is 29.3 Å². The van der Waals surface area contributed by atoms with Crippen LogP contribution in [0, 0.1) is 0 Å². The van der Waals surface area contributed by atoms with Gasteiger partial charge in [-0.15, -0.1) is 0 Å². The van der Waals surface area contributed by atoms with Crippen molar-refractivity contribution in [1.29, 1.82) is 0 Å². The Morgan fingerprint density at radius 1 is 1.28 bits per heavy atom. The molecule has 100 valence electrons. The minimum atomic E-state index is -3.16. The van der Waals surface area contributed by atoms with E-state index >= 15 is 0 Å². The van der Waals surface area contributed by atoms with Crippen LogP contribution in [0.25, 0.3) is 0 Å². The zero-order valence-electron chi connectivity index (χ0n) is 10.2. The summed E-state index contributed by atoms with van der Waals surface area (Å²) in [7, 11) is -3.16. The second kappa shape index (κ2) is 6.04. The van der Waals surface area contributed by atoms with Crippen LogP contribution in [0.15, 0.2) is 29.2 Å². The molecule has 1 atom stereocenters. The summed E-state index contributed by atoms with van der Waals surface area (Å²) in [5, 5.41) is 3.94. The molecule has 3 nitrogen and oxygen atoms in total. The van der Waals surface area contributed by atoms with Gasteiger partial charge in [0.25, 0.3) is 0 Å². The van der Waals surface area contributed by atoms with Gasteiger partial charge in [-0.3, -0.25) is 0 Å². The average Bonchev–Trinajstić information content (AvgIpc) is 2.82. The van der Waals surface area contributed by atoms with E-state index in [0.717, 1.165) is 13.0 Å². The quantitative estimate of drug-likeness (QED) is 0.906. The minimum absolute atomic E-state index is 0.215. The van der Waals surface area contributed by atoms with Crippen LogP contribution in [0.3, 0.4) is 0 Å². The highest BCUT2D eigenvalue weighted by Crippen LogP contribution is 2.18. The third-order valence-corrected chi connectivity index (χ3v) is 5.37. The highest BCUT2D eigenvalue weighted by molar-refractivity contribution is 7.91. The Bertz CT molecular complexity index is 478. The van der Waals surface area contributed by atoms with Gasteiger partial charge in [-0.25, -0.2) is 8.42 Å². The van der Waals surface area contributed by atoms with E-state index in [4.69, 9.17) is 11.6 Å². The summed E-state index contributed by atoms with van der Waals surface area (Å²) in [6.45, 7) is 1.06. The van der Waals surface area contributed by atoms with Gasteiger partial charge in [0, 0.05) is 11.1 Å². The Morgan fingerprint density at radius 2 is 2.00 bits per heavy atom. The lowest BCUT2D eigenvalue weighted by Crippen LogP contribution is -2.22. The van der Waals surface area contributed by atoms with Crippen molar-refractivity contribution in [2.24, 2.45) is 0 Å². The fourth-order valence-electron chi connectivity index (χ4n) is 2.28. The van der Waals surface area contributed by atoms with Crippen molar-refractivity contribution in [1.82, 2.24) is 5.32 Å². The maximum Gasteiger partial charge on any atom is 0.178 e. The first-order valence-corrected chi connectivity index (χ1v) is 8.33. The average molecular weight is 288 g/mol. The van der Waals surface area contributed by atoms with Crippen molar-refractivity contribution in [3.8, 4) is 0 Å². The molecule has 1 aromatic rings. The number of nitrogens with one attached hydrogen (secondary N) is 1. The number of rotatable bonds is 5. The molecule has 1 heterocycles. The molecule has 0 bridgehead atoms. The first kappa shape index (κ1) is 13.8. The van der Waals surface area contributed by atoms with Gasteiger partial charge >= 0.3 is 0 Å². The smallest absolute Gasteiger partial charge is 0.178 e. The van der Waals surface area contributed by atoms with E-state index in [1.165, 1.54) is 12.8 Å². The summed E-state index contributed by atoms with van der Waals surface area (Å²) in [6, 6.07) is 6.89. The standard InChI is InChI=1S/C13H18ClNO2S/c14-11-5-7-13(8-6-11)18(16,17)10-2-4-12-3-1-9-15-12/h5-8,12,15H,1-4,9-10H2. The van der Waals surface area contributed by atoms with Gasteiger partial charge in [0.1, 0.15) is 0 Å². The third kappa shape index (κ3) is 3.70. The Kier molecular flexibility index (Phi) is 4.65. The molecule has 0 saturated carbocycles. The zero-order valence-corrected chi connectivity index (χ0v) is 11.8. The Morgan fingerprint density at radius 3 is 2.61 bits per heavy atom. The monoisotopic (exact) mass is 287 g/mol. The molecule has 1 aliphatic heterocycles. The van der Waals surface area contributed by atoms with E-state index < -0.39 is 9.84 Å². The molecule has 1 fully saturated rings. The SMILES string of the molecule is O=S(=O)(CCCC1CCCN1)c1ccc(Cl)cc1. The van der Waals surface area contributed by atoms with Crippen LogP contribution in [-0.2, 0) is 9.84 Å². The molecule has 18 heavy (non-hydrogen) atoms. The molecule has 1 N–H and O–H groups in total. The zero-order chi connectivity index (χ0) is 13.0. The Balaban J connectivity index is 1.88. The summed E-state index contributed by atoms with van der Waals surface area (Å²) in [4.78, 5) is 0.367. The Hall–Kier alpha value is -0.580. The topological polar surface area (TPSA) is 46.2 Å². The van der Waals surface area contributed by atoms with Gasteiger partial charge in [0.2, 0.25) is 0 Å². The molecule has 1 aliphatic rings. The van der Waals surface area contributed by atoms with Crippen LogP contribution in [-0.4, -0.2) is 26.8 Å². The van der Waals surface area contributed by atoms with Gasteiger partial charge < -0.3 is 5.32 Å². The predicted molar refractivity (Wildman–Crippen MR) is 73.8 cm³/mol. The van der Waals surface area contributed by atoms with Gasteiger partial charge in [0.05, 0.1) is 10.6 Å². The van der Waals surface area contributed by atoms with Crippen molar-refractivity contribution in [2.75, 3.05) is 12.3 Å².